The molecule has 3 aromatic heterocycles. The van der Waals surface area contributed by atoms with E-state index in [4.69, 9.17) is 0 Å². The lowest BCUT2D eigenvalue weighted by Gasteiger charge is -2.22. The maximum Gasteiger partial charge on any atom is 0.306 e. The van der Waals surface area contributed by atoms with E-state index in [-0.39, 0.29) is 23.0 Å². The topological polar surface area (TPSA) is 74.8 Å². The van der Waals surface area contributed by atoms with Crippen LogP contribution in [-0.2, 0) is 24.7 Å². The quantitative estimate of drug-likeness (QED) is 0.323. The fraction of sp³-hybridized carbons (Fsp3) is 0.400. The van der Waals surface area contributed by atoms with Crippen molar-refractivity contribution in [3.8, 4) is 0 Å². The molecule has 0 bridgehead atoms. The summed E-state index contributed by atoms with van der Waals surface area (Å²) < 4.78 is 58.9. The van der Waals surface area contributed by atoms with Crippen LogP contribution >= 0.6 is 0 Å². The fourth-order valence-electron chi connectivity index (χ4n) is 3.90. The molecule has 0 atom stereocenters. The van der Waals surface area contributed by atoms with E-state index in [0.29, 0.717) is 18.8 Å². The summed E-state index contributed by atoms with van der Waals surface area (Å²) in [6.45, 7) is 1.22. The third-order valence-corrected chi connectivity index (χ3v) is 5.72. The van der Waals surface area contributed by atoms with E-state index in [0.717, 1.165) is 30.4 Å². The number of hydrogen-bond donors (Lipinski definition) is 3. The molecule has 0 saturated heterocycles. The van der Waals surface area contributed by atoms with Crippen LogP contribution in [0.5, 0.6) is 0 Å². The van der Waals surface area contributed by atoms with Crippen LogP contribution in [0.3, 0.4) is 0 Å². The Hall–Kier alpha value is -3.43. The lowest BCUT2D eigenvalue weighted by atomic mass is 10.1. The van der Waals surface area contributed by atoms with E-state index in [1.807, 2.05) is 6.92 Å². The van der Waals surface area contributed by atoms with Gasteiger partial charge in [-0.1, -0.05) is 25.5 Å². The highest BCUT2D eigenvalue weighted by Gasteiger charge is 2.35. The summed E-state index contributed by atoms with van der Waals surface area (Å²) in [5.41, 5.74) is 1.03. The molecule has 3 aromatic rings. The highest BCUT2D eigenvalue weighted by atomic mass is 19.3. The smallest absolute Gasteiger partial charge is 0.306 e. The molecule has 3 N–H and O–H groups in total. The van der Waals surface area contributed by atoms with Gasteiger partial charge in [0.2, 0.25) is 0 Å². The van der Waals surface area contributed by atoms with Crippen LogP contribution in [0.4, 0.5) is 35.0 Å². The van der Waals surface area contributed by atoms with E-state index in [1.165, 1.54) is 24.4 Å². The number of aromatic nitrogens is 3. The molecule has 6 nitrogen and oxygen atoms in total. The number of rotatable bonds is 10. The Labute approximate surface area is 201 Å². The average molecular weight is 489 g/mol. The first-order chi connectivity index (χ1) is 16.8. The summed E-state index contributed by atoms with van der Waals surface area (Å²) in [6.07, 6.45) is 4.50. The number of fused-ring (bicyclic) bond motifs is 1. The number of anilines is 3. The van der Waals surface area contributed by atoms with Crippen molar-refractivity contribution in [2.24, 2.45) is 0 Å². The van der Waals surface area contributed by atoms with E-state index in [9.17, 15) is 17.6 Å². The SMILES string of the molecule is CCCc1cc(NCC(F)(F)c2ccccn2)nc(NCC(F)(F)c2ccc3c(n2)NCCC3)c1. The predicted molar refractivity (Wildman–Crippen MR) is 128 cm³/mol. The largest absolute Gasteiger partial charge is 0.370 e. The van der Waals surface area contributed by atoms with Crippen molar-refractivity contribution in [2.45, 2.75) is 44.5 Å². The van der Waals surface area contributed by atoms with Gasteiger partial charge in [0.1, 0.15) is 28.8 Å². The minimum atomic E-state index is -3.25. The van der Waals surface area contributed by atoms with Gasteiger partial charge in [0.25, 0.3) is 0 Å². The van der Waals surface area contributed by atoms with E-state index >= 15 is 0 Å². The van der Waals surface area contributed by atoms with Gasteiger partial charge in [-0.2, -0.15) is 17.6 Å². The van der Waals surface area contributed by atoms with Gasteiger partial charge < -0.3 is 16.0 Å². The van der Waals surface area contributed by atoms with Crippen molar-refractivity contribution in [3.63, 3.8) is 0 Å². The molecule has 1 aliphatic heterocycles. The maximum absolute atomic E-state index is 15.0. The Balaban J connectivity index is 1.47. The summed E-state index contributed by atoms with van der Waals surface area (Å²) in [4.78, 5) is 12.1. The molecule has 35 heavy (non-hydrogen) atoms. The summed E-state index contributed by atoms with van der Waals surface area (Å²) in [5.74, 6) is -5.63. The number of aryl methyl sites for hydroxylation is 2. The summed E-state index contributed by atoms with van der Waals surface area (Å²) in [5, 5.41) is 8.37. The molecule has 0 saturated carbocycles. The molecular weight excluding hydrogens is 460 g/mol. The van der Waals surface area contributed by atoms with Gasteiger partial charge in [-0.05, 0) is 60.7 Å². The highest BCUT2D eigenvalue weighted by Crippen LogP contribution is 2.31. The van der Waals surface area contributed by atoms with Crippen LogP contribution in [0, 0.1) is 0 Å². The molecule has 0 unspecified atom stereocenters. The standard InChI is InChI=1S/C25H28F4N6/c1-2-6-17-13-21(32-15-24(26,27)19-8-3-4-11-30-19)35-22(14-17)33-16-25(28,29)20-10-9-18-7-5-12-31-23(18)34-20/h3-4,8-11,13-14H,2,5-7,12,15-16H2,1H3,(H,31,34)(H2,32,33,35). The maximum atomic E-state index is 15.0. The van der Waals surface area contributed by atoms with Crippen molar-refractivity contribution in [2.75, 3.05) is 35.6 Å². The zero-order valence-corrected chi connectivity index (χ0v) is 19.4. The number of hydrogen-bond acceptors (Lipinski definition) is 6. The Kier molecular flexibility index (Phi) is 7.37. The minimum Gasteiger partial charge on any atom is -0.370 e. The van der Waals surface area contributed by atoms with Crippen molar-refractivity contribution >= 4 is 17.5 Å². The second-order valence-corrected chi connectivity index (χ2v) is 8.56. The van der Waals surface area contributed by atoms with Gasteiger partial charge in [-0.25, -0.2) is 9.97 Å². The number of nitrogens with one attached hydrogen (secondary N) is 3. The molecule has 0 amide bonds. The first-order valence-corrected chi connectivity index (χ1v) is 11.7. The van der Waals surface area contributed by atoms with Crippen LogP contribution in [0.25, 0.3) is 0 Å². The van der Waals surface area contributed by atoms with Gasteiger partial charge >= 0.3 is 11.8 Å². The number of alkyl halides is 4. The first kappa shape index (κ1) is 24.7. The lowest BCUT2D eigenvalue weighted by molar-refractivity contribution is 0.00564. The number of nitrogens with zero attached hydrogens (tertiary/aromatic N) is 3. The third-order valence-electron chi connectivity index (χ3n) is 5.72. The number of halogens is 4. The van der Waals surface area contributed by atoms with Gasteiger partial charge in [0, 0.05) is 12.7 Å². The Morgan fingerprint density at radius 2 is 1.63 bits per heavy atom. The second kappa shape index (κ2) is 10.5. The zero-order valence-electron chi connectivity index (χ0n) is 19.4. The molecule has 10 heteroatoms. The normalized spacial score (nSPS) is 13.6. The molecule has 0 spiro atoms. The molecular formula is C25H28F4N6. The van der Waals surface area contributed by atoms with Crippen molar-refractivity contribution in [1.29, 1.82) is 0 Å². The molecule has 0 radical (unpaired) electrons. The van der Waals surface area contributed by atoms with Crippen LogP contribution in [-0.4, -0.2) is 34.6 Å². The fourth-order valence-corrected chi connectivity index (χ4v) is 3.90. The van der Waals surface area contributed by atoms with Crippen molar-refractivity contribution in [1.82, 2.24) is 15.0 Å². The second-order valence-electron chi connectivity index (χ2n) is 8.56. The summed E-state index contributed by atoms with van der Waals surface area (Å²) >= 11 is 0. The highest BCUT2D eigenvalue weighted by molar-refractivity contribution is 5.50. The van der Waals surface area contributed by atoms with Gasteiger partial charge in [0.15, 0.2) is 0 Å². The molecule has 4 rings (SSSR count). The van der Waals surface area contributed by atoms with Crippen molar-refractivity contribution < 1.29 is 17.6 Å². The van der Waals surface area contributed by atoms with Crippen LogP contribution in [0.2, 0.25) is 0 Å². The van der Waals surface area contributed by atoms with E-state index in [1.54, 1.807) is 24.3 Å². The molecule has 4 heterocycles. The zero-order chi connectivity index (χ0) is 24.9. The minimum absolute atomic E-state index is 0.175. The van der Waals surface area contributed by atoms with Crippen LogP contribution in [0.15, 0.2) is 48.7 Å². The van der Waals surface area contributed by atoms with Crippen LogP contribution < -0.4 is 16.0 Å². The van der Waals surface area contributed by atoms with Crippen molar-refractivity contribution in [3.05, 3.63) is 71.2 Å². The molecule has 0 fully saturated rings. The Morgan fingerprint density at radius 3 is 2.29 bits per heavy atom. The van der Waals surface area contributed by atoms with Gasteiger partial charge in [0.05, 0.1) is 13.1 Å². The molecule has 186 valence electrons. The van der Waals surface area contributed by atoms with E-state index < -0.39 is 24.9 Å². The molecule has 1 aliphatic rings. The number of pyridine rings is 3. The monoisotopic (exact) mass is 488 g/mol. The first-order valence-electron chi connectivity index (χ1n) is 11.7. The Morgan fingerprint density at radius 1 is 0.914 bits per heavy atom. The Bertz CT molecular complexity index is 1140. The molecule has 0 aromatic carbocycles. The van der Waals surface area contributed by atoms with Gasteiger partial charge in [-0.15, -0.1) is 0 Å². The summed E-state index contributed by atoms with van der Waals surface area (Å²) in [7, 11) is 0. The van der Waals surface area contributed by atoms with Crippen LogP contribution in [0.1, 0.15) is 42.3 Å². The predicted octanol–water partition coefficient (Wildman–Crippen LogP) is 5.59. The van der Waals surface area contributed by atoms with Gasteiger partial charge in [-0.3, -0.25) is 4.98 Å². The molecule has 0 aliphatic carbocycles. The van der Waals surface area contributed by atoms with E-state index in [2.05, 4.69) is 30.9 Å². The lowest BCUT2D eigenvalue weighted by Crippen LogP contribution is -2.28. The average Bonchev–Trinajstić information content (AvgIpc) is 2.87. The summed E-state index contributed by atoms with van der Waals surface area (Å²) in [6, 6.07) is 10.6. The third kappa shape index (κ3) is 6.17.